The molecule has 0 saturated carbocycles. The highest BCUT2D eigenvalue weighted by molar-refractivity contribution is 7.99. The minimum atomic E-state index is -0.860. The quantitative estimate of drug-likeness (QED) is 0.565. The standard InChI is InChI=1S/C16H18N2O2S/c1-18-14(16(19)20)10-21-15-12(8-5-9-13(15)17)11-6-3-2-4-7-11/h2-9,14,18H,10,17H2,1H3,(H,19,20)/t14-/m0/s1. The second kappa shape index (κ2) is 7.15. The maximum absolute atomic E-state index is 11.1. The number of aliphatic carboxylic acids is 1. The first-order valence-corrected chi connectivity index (χ1v) is 7.59. The molecule has 2 rings (SSSR count). The molecule has 4 nitrogen and oxygen atoms in total. The fourth-order valence-electron chi connectivity index (χ4n) is 2.01. The van der Waals surface area contributed by atoms with Crippen molar-refractivity contribution in [1.29, 1.82) is 0 Å². The Bertz CT molecular complexity index is 617. The van der Waals surface area contributed by atoms with Gasteiger partial charge >= 0.3 is 5.97 Å². The molecule has 0 unspecified atom stereocenters. The van der Waals surface area contributed by atoms with E-state index in [4.69, 9.17) is 10.8 Å². The summed E-state index contributed by atoms with van der Waals surface area (Å²) in [5, 5.41) is 11.9. The molecule has 0 saturated heterocycles. The second-order valence-corrected chi connectivity index (χ2v) is 5.61. The second-order valence-electron chi connectivity index (χ2n) is 4.58. The van der Waals surface area contributed by atoms with Crippen LogP contribution < -0.4 is 11.1 Å². The summed E-state index contributed by atoms with van der Waals surface area (Å²) >= 11 is 1.46. The van der Waals surface area contributed by atoms with Gasteiger partial charge in [-0.05, 0) is 24.2 Å². The van der Waals surface area contributed by atoms with Crippen molar-refractivity contribution in [2.24, 2.45) is 0 Å². The summed E-state index contributed by atoms with van der Waals surface area (Å²) in [6, 6.07) is 15.1. The lowest BCUT2D eigenvalue weighted by Crippen LogP contribution is -2.36. The van der Waals surface area contributed by atoms with E-state index in [0.29, 0.717) is 11.4 Å². The number of anilines is 1. The molecular formula is C16H18N2O2S. The zero-order chi connectivity index (χ0) is 15.2. The number of carboxylic acids is 1. The predicted molar refractivity (Wildman–Crippen MR) is 87.5 cm³/mol. The molecule has 0 heterocycles. The number of rotatable bonds is 6. The van der Waals surface area contributed by atoms with Crippen molar-refractivity contribution in [1.82, 2.24) is 5.32 Å². The Balaban J connectivity index is 2.29. The zero-order valence-corrected chi connectivity index (χ0v) is 12.6. The van der Waals surface area contributed by atoms with E-state index in [1.807, 2.05) is 48.5 Å². The molecule has 0 fully saturated rings. The van der Waals surface area contributed by atoms with Crippen LogP contribution in [0.2, 0.25) is 0 Å². The smallest absolute Gasteiger partial charge is 0.321 e. The Morgan fingerprint density at radius 3 is 2.57 bits per heavy atom. The lowest BCUT2D eigenvalue weighted by atomic mass is 10.1. The maximum atomic E-state index is 11.1. The normalized spacial score (nSPS) is 12.0. The average molecular weight is 302 g/mol. The van der Waals surface area contributed by atoms with Gasteiger partial charge in [-0.2, -0.15) is 0 Å². The van der Waals surface area contributed by atoms with Gasteiger partial charge in [0.15, 0.2) is 0 Å². The van der Waals surface area contributed by atoms with Crippen LogP contribution in [-0.2, 0) is 4.79 Å². The molecular weight excluding hydrogens is 284 g/mol. The van der Waals surface area contributed by atoms with E-state index in [2.05, 4.69) is 5.32 Å². The summed E-state index contributed by atoms with van der Waals surface area (Å²) in [4.78, 5) is 12.0. The van der Waals surface area contributed by atoms with Crippen molar-refractivity contribution < 1.29 is 9.90 Å². The number of hydrogen-bond donors (Lipinski definition) is 3. The van der Waals surface area contributed by atoms with E-state index < -0.39 is 12.0 Å². The van der Waals surface area contributed by atoms with Gasteiger partial charge in [0.1, 0.15) is 6.04 Å². The lowest BCUT2D eigenvalue weighted by Gasteiger charge is -2.15. The van der Waals surface area contributed by atoms with Crippen LogP contribution in [0.5, 0.6) is 0 Å². The van der Waals surface area contributed by atoms with Crippen LogP contribution in [-0.4, -0.2) is 29.9 Å². The molecule has 2 aromatic carbocycles. The van der Waals surface area contributed by atoms with Gasteiger partial charge < -0.3 is 16.2 Å². The van der Waals surface area contributed by atoms with Crippen LogP contribution >= 0.6 is 11.8 Å². The van der Waals surface area contributed by atoms with E-state index in [1.54, 1.807) is 7.05 Å². The third-order valence-electron chi connectivity index (χ3n) is 3.17. The molecule has 0 spiro atoms. The van der Waals surface area contributed by atoms with E-state index in [1.165, 1.54) is 11.8 Å². The van der Waals surface area contributed by atoms with Crippen LogP contribution in [0, 0.1) is 0 Å². The number of nitrogen functional groups attached to an aromatic ring is 1. The predicted octanol–water partition coefficient (Wildman–Crippen LogP) is 2.70. The summed E-state index contributed by atoms with van der Waals surface area (Å²) in [5.74, 6) is -0.444. The molecule has 0 aliphatic carbocycles. The van der Waals surface area contributed by atoms with Crippen molar-refractivity contribution in [2.75, 3.05) is 18.5 Å². The van der Waals surface area contributed by atoms with Gasteiger partial charge in [0.25, 0.3) is 0 Å². The Hall–Kier alpha value is -1.98. The zero-order valence-electron chi connectivity index (χ0n) is 11.7. The molecule has 0 aromatic heterocycles. The SMILES string of the molecule is CN[C@@H](CSc1c(N)cccc1-c1ccccc1)C(=O)O. The third-order valence-corrected chi connectivity index (χ3v) is 4.42. The fourth-order valence-corrected chi connectivity index (χ4v) is 3.22. The van der Waals surface area contributed by atoms with Gasteiger partial charge in [-0.15, -0.1) is 11.8 Å². The minimum absolute atomic E-state index is 0.417. The molecule has 5 heteroatoms. The Morgan fingerprint density at radius 2 is 1.95 bits per heavy atom. The van der Waals surface area contributed by atoms with Gasteiger partial charge in [-0.1, -0.05) is 42.5 Å². The Kier molecular flexibility index (Phi) is 5.25. The minimum Gasteiger partial charge on any atom is -0.480 e. The summed E-state index contributed by atoms with van der Waals surface area (Å²) in [6.07, 6.45) is 0. The number of carboxylic acid groups (broad SMARTS) is 1. The highest BCUT2D eigenvalue weighted by atomic mass is 32.2. The molecule has 0 radical (unpaired) electrons. The van der Waals surface area contributed by atoms with Crippen LogP contribution in [0.15, 0.2) is 53.4 Å². The van der Waals surface area contributed by atoms with Crippen molar-refractivity contribution in [3.63, 3.8) is 0 Å². The van der Waals surface area contributed by atoms with E-state index >= 15 is 0 Å². The van der Waals surface area contributed by atoms with Gasteiger partial charge in [0, 0.05) is 16.3 Å². The van der Waals surface area contributed by atoms with Crippen molar-refractivity contribution in [3.8, 4) is 11.1 Å². The number of thioether (sulfide) groups is 1. The van der Waals surface area contributed by atoms with Crippen LogP contribution in [0.25, 0.3) is 11.1 Å². The fraction of sp³-hybridized carbons (Fsp3) is 0.188. The van der Waals surface area contributed by atoms with E-state index in [9.17, 15) is 4.79 Å². The highest BCUT2D eigenvalue weighted by Crippen LogP contribution is 2.36. The number of nitrogens with two attached hydrogens (primary N) is 1. The van der Waals surface area contributed by atoms with Crippen LogP contribution in [0.4, 0.5) is 5.69 Å². The molecule has 2 aromatic rings. The number of hydrogen-bond acceptors (Lipinski definition) is 4. The van der Waals surface area contributed by atoms with E-state index in [-0.39, 0.29) is 0 Å². The first-order chi connectivity index (χ1) is 10.1. The van der Waals surface area contributed by atoms with Gasteiger partial charge in [0.05, 0.1) is 0 Å². The van der Waals surface area contributed by atoms with Crippen molar-refractivity contribution >= 4 is 23.4 Å². The summed E-state index contributed by atoms with van der Waals surface area (Å²) in [7, 11) is 1.64. The first-order valence-electron chi connectivity index (χ1n) is 6.60. The van der Waals surface area contributed by atoms with Crippen molar-refractivity contribution in [3.05, 3.63) is 48.5 Å². The average Bonchev–Trinajstić information content (AvgIpc) is 2.49. The molecule has 0 bridgehead atoms. The number of benzene rings is 2. The van der Waals surface area contributed by atoms with Crippen LogP contribution in [0.1, 0.15) is 0 Å². The molecule has 1 atom stereocenters. The summed E-state index contributed by atoms with van der Waals surface area (Å²) in [5.41, 5.74) is 8.84. The van der Waals surface area contributed by atoms with Gasteiger partial charge in [0.2, 0.25) is 0 Å². The molecule has 0 aliphatic heterocycles. The molecule has 4 N–H and O–H groups in total. The number of likely N-dealkylation sites (N-methyl/N-ethyl adjacent to an activating group) is 1. The highest BCUT2D eigenvalue weighted by Gasteiger charge is 2.17. The molecule has 0 amide bonds. The largest absolute Gasteiger partial charge is 0.480 e. The number of nitrogens with one attached hydrogen (secondary N) is 1. The third kappa shape index (κ3) is 3.77. The Morgan fingerprint density at radius 1 is 1.24 bits per heavy atom. The molecule has 21 heavy (non-hydrogen) atoms. The first kappa shape index (κ1) is 15.4. The topological polar surface area (TPSA) is 75.3 Å². The van der Waals surface area contributed by atoms with Gasteiger partial charge in [-0.3, -0.25) is 4.79 Å². The van der Waals surface area contributed by atoms with E-state index in [0.717, 1.165) is 16.0 Å². The number of carbonyl (C=O) groups is 1. The Labute approximate surface area is 128 Å². The van der Waals surface area contributed by atoms with Gasteiger partial charge in [-0.25, -0.2) is 0 Å². The van der Waals surface area contributed by atoms with Crippen LogP contribution in [0.3, 0.4) is 0 Å². The maximum Gasteiger partial charge on any atom is 0.321 e. The monoisotopic (exact) mass is 302 g/mol. The summed E-state index contributed by atoms with van der Waals surface area (Å²) in [6.45, 7) is 0. The van der Waals surface area contributed by atoms with Crippen molar-refractivity contribution in [2.45, 2.75) is 10.9 Å². The molecule has 110 valence electrons. The molecule has 0 aliphatic rings. The lowest BCUT2D eigenvalue weighted by molar-refractivity contribution is -0.138. The summed E-state index contributed by atoms with van der Waals surface area (Å²) < 4.78 is 0.